The van der Waals surface area contributed by atoms with Crippen LogP contribution in [0.3, 0.4) is 0 Å². The molecule has 0 N–H and O–H groups in total. The number of benzene rings is 1. The van der Waals surface area contributed by atoms with Crippen LogP contribution in [0.15, 0.2) is 22.8 Å². The number of nitrogens with zero attached hydrogens (tertiary/aromatic N) is 3. The molecule has 0 saturated carbocycles. The van der Waals surface area contributed by atoms with Crippen molar-refractivity contribution in [3.8, 4) is 0 Å². The van der Waals surface area contributed by atoms with Crippen molar-refractivity contribution in [2.45, 2.75) is 13.0 Å². The van der Waals surface area contributed by atoms with Gasteiger partial charge in [-0.25, -0.2) is 9.78 Å². The average molecular weight is 366 g/mol. The molecule has 0 bridgehead atoms. The summed E-state index contributed by atoms with van der Waals surface area (Å²) in [5.41, 5.74) is 1.83. The van der Waals surface area contributed by atoms with Gasteiger partial charge in [-0.1, -0.05) is 0 Å². The molecule has 1 aromatic carbocycles. The van der Waals surface area contributed by atoms with Gasteiger partial charge in [-0.3, -0.25) is 4.98 Å². The Labute approximate surface area is 136 Å². The van der Waals surface area contributed by atoms with Crippen LogP contribution in [0.5, 0.6) is 0 Å². The zero-order chi connectivity index (χ0) is 15.7. The predicted molar refractivity (Wildman–Crippen MR) is 86.2 cm³/mol. The molecule has 0 aliphatic carbocycles. The number of esters is 1. The normalized spacial score (nSPS) is 18.5. The van der Waals surface area contributed by atoms with E-state index in [9.17, 15) is 4.79 Å². The van der Waals surface area contributed by atoms with Gasteiger partial charge >= 0.3 is 5.97 Å². The Morgan fingerprint density at radius 2 is 2.32 bits per heavy atom. The fraction of sp³-hybridized carbons (Fsp3) is 0.400. The molecule has 2 heterocycles. The Morgan fingerprint density at radius 1 is 1.50 bits per heavy atom. The third-order valence-electron chi connectivity index (χ3n) is 3.57. The van der Waals surface area contributed by atoms with E-state index in [2.05, 4.69) is 30.8 Å². The van der Waals surface area contributed by atoms with E-state index in [-0.39, 0.29) is 6.10 Å². The number of carbonyl (C=O) groups is 1. The SMILES string of the molecule is COC(=O)c1cc(Br)c2nc(N3CCOC(C)C3)cnc2c1. The molecule has 1 atom stereocenters. The molecular weight excluding hydrogens is 350 g/mol. The van der Waals surface area contributed by atoms with E-state index in [4.69, 9.17) is 9.47 Å². The second-order valence-electron chi connectivity index (χ2n) is 5.17. The van der Waals surface area contributed by atoms with E-state index in [0.717, 1.165) is 28.9 Å². The number of halogens is 1. The molecule has 1 aliphatic rings. The van der Waals surface area contributed by atoms with E-state index in [0.29, 0.717) is 17.7 Å². The first-order chi connectivity index (χ1) is 10.6. The zero-order valence-corrected chi connectivity index (χ0v) is 14.0. The van der Waals surface area contributed by atoms with Crippen LogP contribution < -0.4 is 4.90 Å². The summed E-state index contributed by atoms with van der Waals surface area (Å²) in [6.45, 7) is 4.31. The first-order valence-electron chi connectivity index (χ1n) is 6.99. The van der Waals surface area contributed by atoms with E-state index in [1.54, 1.807) is 18.3 Å². The first-order valence-corrected chi connectivity index (χ1v) is 7.79. The fourth-order valence-electron chi connectivity index (χ4n) is 2.48. The molecule has 22 heavy (non-hydrogen) atoms. The van der Waals surface area contributed by atoms with E-state index in [1.165, 1.54) is 7.11 Å². The third kappa shape index (κ3) is 2.91. The zero-order valence-electron chi connectivity index (χ0n) is 12.4. The number of rotatable bonds is 2. The van der Waals surface area contributed by atoms with E-state index in [1.807, 2.05) is 6.92 Å². The minimum absolute atomic E-state index is 0.177. The van der Waals surface area contributed by atoms with Crippen molar-refractivity contribution < 1.29 is 14.3 Å². The molecule has 1 unspecified atom stereocenters. The van der Waals surface area contributed by atoms with Gasteiger partial charge in [0.1, 0.15) is 11.3 Å². The first kappa shape index (κ1) is 15.2. The standard InChI is InChI=1S/C15H16BrN3O3/c1-9-8-19(3-4-22-9)13-7-17-12-6-10(15(20)21-2)5-11(16)14(12)18-13/h5-7,9H,3-4,8H2,1-2H3. The lowest BCUT2D eigenvalue weighted by atomic mass is 10.2. The highest BCUT2D eigenvalue weighted by molar-refractivity contribution is 9.10. The lowest BCUT2D eigenvalue weighted by molar-refractivity contribution is 0.0529. The average Bonchev–Trinajstić information content (AvgIpc) is 2.53. The number of ether oxygens (including phenoxy) is 2. The molecule has 0 amide bonds. The molecule has 6 nitrogen and oxygen atoms in total. The third-order valence-corrected chi connectivity index (χ3v) is 4.18. The van der Waals surface area contributed by atoms with Crippen molar-refractivity contribution >= 4 is 38.8 Å². The summed E-state index contributed by atoms with van der Waals surface area (Å²) in [4.78, 5) is 22.9. The number of fused-ring (bicyclic) bond motifs is 1. The van der Waals surface area contributed by atoms with E-state index < -0.39 is 5.97 Å². The predicted octanol–water partition coefficient (Wildman–Crippen LogP) is 2.40. The Hall–Kier alpha value is -1.73. The fourth-order valence-corrected chi connectivity index (χ4v) is 3.02. The minimum atomic E-state index is -0.393. The van der Waals surface area contributed by atoms with Gasteiger partial charge in [0.25, 0.3) is 0 Å². The highest BCUT2D eigenvalue weighted by atomic mass is 79.9. The smallest absolute Gasteiger partial charge is 0.337 e. The van der Waals surface area contributed by atoms with Crippen molar-refractivity contribution in [3.05, 3.63) is 28.4 Å². The topological polar surface area (TPSA) is 64.5 Å². The summed E-state index contributed by atoms with van der Waals surface area (Å²) < 4.78 is 11.0. The van der Waals surface area contributed by atoms with Gasteiger partial charge in [0.2, 0.25) is 0 Å². The molecule has 0 radical (unpaired) electrons. The van der Waals surface area contributed by atoms with Crippen LogP contribution in [0, 0.1) is 0 Å². The second kappa shape index (κ2) is 6.18. The summed E-state index contributed by atoms with van der Waals surface area (Å²) in [6.07, 6.45) is 1.91. The van der Waals surface area contributed by atoms with E-state index >= 15 is 0 Å². The van der Waals surface area contributed by atoms with Gasteiger partial charge < -0.3 is 14.4 Å². The minimum Gasteiger partial charge on any atom is -0.465 e. The molecule has 1 aliphatic heterocycles. The van der Waals surface area contributed by atoms with Crippen molar-refractivity contribution in [1.82, 2.24) is 9.97 Å². The molecule has 116 valence electrons. The van der Waals surface area contributed by atoms with Gasteiger partial charge in [0.15, 0.2) is 0 Å². The van der Waals surface area contributed by atoms with Gasteiger partial charge in [-0.2, -0.15) is 0 Å². The number of hydrogen-bond donors (Lipinski definition) is 0. The van der Waals surface area contributed by atoms with Gasteiger partial charge in [-0.15, -0.1) is 0 Å². The molecule has 1 aromatic heterocycles. The lowest BCUT2D eigenvalue weighted by Gasteiger charge is -2.31. The van der Waals surface area contributed by atoms with Crippen LogP contribution in [0.4, 0.5) is 5.82 Å². The highest BCUT2D eigenvalue weighted by Crippen LogP contribution is 2.26. The van der Waals surface area contributed by atoms with Crippen LogP contribution in [-0.2, 0) is 9.47 Å². The van der Waals surface area contributed by atoms with Crippen molar-refractivity contribution in [2.24, 2.45) is 0 Å². The van der Waals surface area contributed by atoms with Crippen molar-refractivity contribution in [3.63, 3.8) is 0 Å². The maximum atomic E-state index is 11.6. The Balaban J connectivity index is 1.99. The summed E-state index contributed by atoms with van der Waals surface area (Å²) >= 11 is 3.46. The number of anilines is 1. The van der Waals surface area contributed by atoms with Crippen LogP contribution in [0.2, 0.25) is 0 Å². The monoisotopic (exact) mass is 365 g/mol. The number of morpholine rings is 1. The summed E-state index contributed by atoms with van der Waals surface area (Å²) in [6, 6.07) is 3.39. The summed E-state index contributed by atoms with van der Waals surface area (Å²) in [7, 11) is 1.36. The number of methoxy groups -OCH3 is 1. The Kier molecular flexibility index (Phi) is 4.26. The number of carbonyl (C=O) groups excluding carboxylic acids is 1. The molecule has 2 aromatic rings. The van der Waals surface area contributed by atoms with Crippen LogP contribution in [0.25, 0.3) is 11.0 Å². The molecule has 0 spiro atoms. The number of aromatic nitrogens is 2. The van der Waals surface area contributed by atoms with Crippen LogP contribution in [0.1, 0.15) is 17.3 Å². The molecular formula is C15H16BrN3O3. The van der Waals surface area contributed by atoms with Crippen molar-refractivity contribution in [2.75, 3.05) is 31.7 Å². The maximum absolute atomic E-state index is 11.6. The lowest BCUT2D eigenvalue weighted by Crippen LogP contribution is -2.41. The second-order valence-corrected chi connectivity index (χ2v) is 6.03. The number of hydrogen-bond acceptors (Lipinski definition) is 6. The molecule has 3 rings (SSSR count). The highest BCUT2D eigenvalue weighted by Gasteiger charge is 2.19. The van der Waals surface area contributed by atoms with Gasteiger partial charge in [0.05, 0.1) is 37.1 Å². The summed E-state index contributed by atoms with van der Waals surface area (Å²) in [5, 5.41) is 0. The molecule has 1 saturated heterocycles. The van der Waals surface area contributed by atoms with Gasteiger partial charge in [-0.05, 0) is 35.0 Å². The molecule has 7 heteroatoms. The summed E-state index contributed by atoms with van der Waals surface area (Å²) in [5.74, 6) is 0.421. The quantitative estimate of drug-likeness (QED) is 0.761. The molecule has 1 fully saturated rings. The van der Waals surface area contributed by atoms with Crippen molar-refractivity contribution in [1.29, 1.82) is 0 Å². The largest absolute Gasteiger partial charge is 0.465 e. The van der Waals surface area contributed by atoms with Crippen LogP contribution >= 0.6 is 15.9 Å². The van der Waals surface area contributed by atoms with Gasteiger partial charge in [0, 0.05) is 17.6 Å². The maximum Gasteiger partial charge on any atom is 0.337 e. The van der Waals surface area contributed by atoms with Crippen LogP contribution in [-0.4, -0.2) is 48.8 Å². The Bertz CT molecular complexity index is 722. The Morgan fingerprint density at radius 3 is 3.05 bits per heavy atom.